The third kappa shape index (κ3) is 2.62. The number of anilines is 1. The number of alkyl halides is 1. The minimum absolute atomic E-state index is 0.0817. The van der Waals surface area contributed by atoms with Crippen LogP contribution >= 0.6 is 22.9 Å². The largest absolute Gasteiger partial charge is 0.321 e. The van der Waals surface area contributed by atoms with E-state index in [1.165, 1.54) is 11.3 Å². The van der Waals surface area contributed by atoms with E-state index in [4.69, 9.17) is 11.6 Å². The molecule has 0 aliphatic heterocycles. The second kappa shape index (κ2) is 5.14. The van der Waals surface area contributed by atoms with Gasteiger partial charge in [0.1, 0.15) is 0 Å². The van der Waals surface area contributed by atoms with E-state index in [1.807, 2.05) is 35.7 Å². The fourth-order valence-corrected chi connectivity index (χ4v) is 2.12. The van der Waals surface area contributed by atoms with Crippen LogP contribution in [-0.4, -0.2) is 5.91 Å². The van der Waals surface area contributed by atoms with Gasteiger partial charge >= 0.3 is 0 Å². The molecule has 0 fully saturated rings. The van der Waals surface area contributed by atoms with Crippen molar-refractivity contribution >= 4 is 34.5 Å². The first-order valence-corrected chi connectivity index (χ1v) is 6.21. The van der Waals surface area contributed by atoms with E-state index in [1.54, 1.807) is 6.07 Å². The molecule has 82 valence electrons. The van der Waals surface area contributed by atoms with Crippen LogP contribution in [0.5, 0.6) is 0 Å². The van der Waals surface area contributed by atoms with E-state index in [-0.39, 0.29) is 5.91 Å². The van der Waals surface area contributed by atoms with Crippen molar-refractivity contribution in [2.24, 2.45) is 0 Å². The van der Waals surface area contributed by atoms with Gasteiger partial charge in [-0.05, 0) is 29.1 Å². The summed E-state index contributed by atoms with van der Waals surface area (Å²) >= 11 is 7.15. The molecule has 0 unspecified atom stereocenters. The van der Waals surface area contributed by atoms with E-state index in [2.05, 4.69) is 5.32 Å². The van der Waals surface area contributed by atoms with E-state index >= 15 is 0 Å². The molecule has 0 spiro atoms. The molecule has 1 N–H and O–H groups in total. The van der Waals surface area contributed by atoms with Crippen LogP contribution in [0.3, 0.4) is 0 Å². The average Bonchev–Trinajstić information content (AvgIpc) is 2.83. The van der Waals surface area contributed by atoms with Gasteiger partial charge in [-0.2, -0.15) is 0 Å². The van der Waals surface area contributed by atoms with Gasteiger partial charge in [0.15, 0.2) is 0 Å². The molecule has 1 aromatic heterocycles. The maximum Gasteiger partial charge on any atom is 0.265 e. The summed E-state index contributed by atoms with van der Waals surface area (Å²) in [6.07, 6.45) is 0. The van der Waals surface area contributed by atoms with Gasteiger partial charge in [-0.25, -0.2) is 0 Å². The normalized spacial score (nSPS) is 10.1. The standard InChI is InChI=1S/C12H10ClNOS/c13-8-9-3-1-4-10(7-9)14-12(15)11-5-2-6-16-11/h1-7H,8H2,(H,14,15). The van der Waals surface area contributed by atoms with Gasteiger partial charge in [0, 0.05) is 11.6 Å². The van der Waals surface area contributed by atoms with Crippen LogP contribution < -0.4 is 5.32 Å². The van der Waals surface area contributed by atoms with Crippen molar-refractivity contribution < 1.29 is 4.79 Å². The molecule has 0 atom stereocenters. The fraction of sp³-hybridized carbons (Fsp3) is 0.0833. The molecule has 0 saturated carbocycles. The van der Waals surface area contributed by atoms with Gasteiger partial charge in [0.25, 0.3) is 5.91 Å². The van der Waals surface area contributed by atoms with Crippen molar-refractivity contribution in [2.45, 2.75) is 5.88 Å². The van der Waals surface area contributed by atoms with E-state index in [9.17, 15) is 4.79 Å². The van der Waals surface area contributed by atoms with Crippen LogP contribution in [0.2, 0.25) is 0 Å². The van der Waals surface area contributed by atoms with Gasteiger partial charge in [0.2, 0.25) is 0 Å². The lowest BCUT2D eigenvalue weighted by Gasteiger charge is -2.04. The highest BCUT2D eigenvalue weighted by atomic mass is 35.5. The molecule has 1 heterocycles. The lowest BCUT2D eigenvalue weighted by molar-refractivity contribution is 0.103. The number of amides is 1. The second-order valence-corrected chi connectivity index (χ2v) is 4.48. The Morgan fingerprint density at radius 3 is 2.88 bits per heavy atom. The number of carbonyl (C=O) groups excluding carboxylic acids is 1. The van der Waals surface area contributed by atoms with Crippen molar-refractivity contribution in [3.63, 3.8) is 0 Å². The Kier molecular flexibility index (Phi) is 3.59. The zero-order valence-corrected chi connectivity index (χ0v) is 10.0. The van der Waals surface area contributed by atoms with Crippen LogP contribution in [-0.2, 0) is 5.88 Å². The molecule has 0 bridgehead atoms. The number of halogens is 1. The zero-order chi connectivity index (χ0) is 11.4. The molecule has 0 aliphatic carbocycles. The first-order valence-electron chi connectivity index (χ1n) is 4.79. The summed E-state index contributed by atoms with van der Waals surface area (Å²) in [6, 6.07) is 11.2. The van der Waals surface area contributed by atoms with Crippen molar-refractivity contribution in [3.8, 4) is 0 Å². The Labute approximate surface area is 103 Å². The van der Waals surface area contributed by atoms with E-state index < -0.39 is 0 Å². The molecule has 1 aromatic carbocycles. The highest BCUT2D eigenvalue weighted by Crippen LogP contribution is 2.15. The van der Waals surface area contributed by atoms with Crippen LogP contribution in [0.15, 0.2) is 41.8 Å². The predicted molar refractivity (Wildman–Crippen MR) is 68.3 cm³/mol. The van der Waals surface area contributed by atoms with E-state index in [0.717, 1.165) is 11.3 Å². The van der Waals surface area contributed by atoms with Crippen LogP contribution in [0, 0.1) is 0 Å². The van der Waals surface area contributed by atoms with Crippen molar-refractivity contribution in [1.82, 2.24) is 0 Å². The average molecular weight is 252 g/mol. The molecular formula is C12H10ClNOS. The molecule has 4 heteroatoms. The number of rotatable bonds is 3. The van der Waals surface area contributed by atoms with Gasteiger partial charge < -0.3 is 5.32 Å². The van der Waals surface area contributed by atoms with Gasteiger partial charge in [0.05, 0.1) is 4.88 Å². The summed E-state index contributed by atoms with van der Waals surface area (Å²) in [7, 11) is 0. The summed E-state index contributed by atoms with van der Waals surface area (Å²) in [4.78, 5) is 12.4. The monoisotopic (exact) mass is 251 g/mol. The van der Waals surface area contributed by atoms with Crippen LogP contribution in [0.25, 0.3) is 0 Å². The van der Waals surface area contributed by atoms with Crippen molar-refractivity contribution in [1.29, 1.82) is 0 Å². The predicted octanol–water partition coefficient (Wildman–Crippen LogP) is 3.74. The lowest BCUT2D eigenvalue weighted by atomic mass is 10.2. The summed E-state index contributed by atoms with van der Waals surface area (Å²) in [6.45, 7) is 0. The molecule has 2 rings (SSSR count). The number of hydrogen-bond acceptors (Lipinski definition) is 2. The van der Waals surface area contributed by atoms with Gasteiger partial charge in [-0.15, -0.1) is 22.9 Å². The first kappa shape index (κ1) is 11.2. The summed E-state index contributed by atoms with van der Waals surface area (Å²) in [5.74, 6) is 0.365. The minimum Gasteiger partial charge on any atom is -0.321 e. The Bertz CT molecular complexity index is 482. The smallest absolute Gasteiger partial charge is 0.265 e. The maximum absolute atomic E-state index is 11.7. The highest BCUT2D eigenvalue weighted by Gasteiger charge is 2.06. The second-order valence-electron chi connectivity index (χ2n) is 3.27. The lowest BCUT2D eigenvalue weighted by Crippen LogP contribution is -2.10. The molecule has 0 saturated heterocycles. The minimum atomic E-state index is -0.0817. The number of benzene rings is 1. The summed E-state index contributed by atoms with van der Waals surface area (Å²) < 4.78 is 0. The SMILES string of the molecule is O=C(Nc1cccc(CCl)c1)c1cccs1. The molecule has 0 aliphatic rings. The third-order valence-corrected chi connectivity index (χ3v) is 3.26. The molecule has 2 nitrogen and oxygen atoms in total. The third-order valence-electron chi connectivity index (χ3n) is 2.08. The van der Waals surface area contributed by atoms with Crippen molar-refractivity contribution in [3.05, 3.63) is 52.2 Å². The van der Waals surface area contributed by atoms with Gasteiger partial charge in [-0.3, -0.25) is 4.79 Å². The fourth-order valence-electron chi connectivity index (χ4n) is 1.33. The molecule has 1 amide bonds. The van der Waals surface area contributed by atoms with E-state index in [0.29, 0.717) is 10.8 Å². The molecule has 2 aromatic rings. The van der Waals surface area contributed by atoms with Crippen molar-refractivity contribution in [2.75, 3.05) is 5.32 Å². The van der Waals surface area contributed by atoms with Crippen LogP contribution in [0.4, 0.5) is 5.69 Å². The maximum atomic E-state index is 11.7. The Balaban J connectivity index is 2.12. The number of hydrogen-bond donors (Lipinski definition) is 1. The Morgan fingerprint density at radius 2 is 2.19 bits per heavy atom. The van der Waals surface area contributed by atoms with Crippen LogP contribution in [0.1, 0.15) is 15.2 Å². The number of nitrogens with one attached hydrogen (secondary N) is 1. The summed E-state index contributed by atoms with van der Waals surface area (Å²) in [5.41, 5.74) is 1.77. The quantitative estimate of drug-likeness (QED) is 0.828. The first-order chi connectivity index (χ1) is 7.79. The highest BCUT2D eigenvalue weighted by molar-refractivity contribution is 7.12. The number of carbonyl (C=O) groups is 1. The Morgan fingerprint density at radius 1 is 1.31 bits per heavy atom. The van der Waals surface area contributed by atoms with Gasteiger partial charge in [-0.1, -0.05) is 18.2 Å². The molecular weight excluding hydrogens is 242 g/mol. The summed E-state index contributed by atoms with van der Waals surface area (Å²) in [5, 5.41) is 4.71. The topological polar surface area (TPSA) is 29.1 Å². The number of thiophene rings is 1. The molecule has 16 heavy (non-hydrogen) atoms. The Hall–Kier alpha value is -1.32. The zero-order valence-electron chi connectivity index (χ0n) is 8.44. The molecule has 0 radical (unpaired) electrons.